The van der Waals surface area contributed by atoms with Gasteiger partial charge in [0.1, 0.15) is 0 Å². The molecule has 194 valence electrons. The number of hydrogen-bond donors (Lipinski definition) is 0. The Morgan fingerprint density at radius 1 is 0.390 bits per heavy atom. The van der Waals surface area contributed by atoms with Gasteiger partial charge in [0.05, 0.1) is 5.69 Å². The lowest BCUT2D eigenvalue weighted by molar-refractivity contribution is 1.22. The molecule has 0 bridgehead atoms. The SMILES string of the molecule is c1ccc(-c2cccc(-c3cccc(-c4cccc(-c5ccccc5Cc5cccc6ccccc56)c4)c3)c2)nc1. The maximum atomic E-state index is 4.54. The second-order valence-corrected chi connectivity index (χ2v) is 10.4. The standard InChI is InChI=1S/C40H29N/c1-3-21-38-29(11-1)13-7-18-36(38)28-34-12-2-4-22-39(34)35-19-9-16-32(26-35)30-14-8-15-31(25-30)33-17-10-20-37(27-33)40-23-5-6-24-41-40/h1-27H,28H2. The predicted molar refractivity (Wildman–Crippen MR) is 173 cm³/mol. The molecule has 0 atom stereocenters. The minimum atomic E-state index is 0.893. The quantitative estimate of drug-likeness (QED) is 0.211. The average molecular weight is 524 g/mol. The van der Waals surface area contributed by atoms with E-state index in [1.807, 2.05) is 18.3 Å². The van der Waals surface area contributed by atoms with Crippen molar-refractivity contribution < 1.29 is 0 Å². The third kappa shape index (κ3) is 5.18. The number of hydrogen-bond acceptors (Lipinski definition) is 1. The fourth-order valence-electron chi connectivity index (χ4n) is 5.74. The fraction of sp³-hybridized carbons (Fsp3) is 0.0250. The molecule has 1 aromatic heterocycles. The number of benzene rings is 6. The van der Waals surface area contributed by atoms with E-state index in [1.165, 1.54) is 55.3 Å². The van der Waals surface area contributed by atoms with E-state index in [0.29, 0.717) is 0 Å². The van der Waals surface area contributed by atoms with Crippen molar-refractivity contribution in [3.63, 3.8) is 0 Å². The van der Waals surface area contributed by atoms with Crippen LogP contribution in [0.5, 0.6) is 0 Å². The van der Waals surface area contributed by atoms with Crippen LogP contribution in [0.25, 0.3) is 55.4 Å². The molecule has 0 unspecified atom stereocenters. The van der Waals surface area contributed by atoms with Crippen LogP contribution in [-0.2, 0) is 6.42 Å². The summed E-state index contributed by atoms with van der Waals surface area (Å²) in [6.45, 7) is 0. The van der Waals surface area contributed by atoms with Crippen LogP contribution in [0.15, 0.2) is 164 Å². The zero-order valence-electron chi connectivity index (χ0n) is 22.7. The molecule has 0 fully saturated rings. The first-order valence-electron chi connectivity index (χ1n) is 14.1. The van der Waals surface area contributed by atoms with E-state index in [1.54, 1.807) is 0 Å². The van der Waals surface area contributed by atoms with Crippen LogP contribution in [0.4, 0.5) is 0 Å². The van der Waals surface area contributed by atoms with Crippen molar-refractivity contribution in [2.45, 2.75) is 6.42 Å². The van der Waals surface area contributed by atoms with Crippen molar-refractivity contribution in [2.24, 2.45) is 0 Å². The van der Waals surface area contributed by atoms with Gasteiger partial charge >= 0.3 is 0 Å². The lowest BCUT2D eigenvalue weighted by Gasteiger charge is -2.13. The Bertz CT molecular complexity index is 1960. The summed E-state index contributed by atoms with van der Waals surface area (Å²) in [7, 11) is 0. The Morgan fingerprint density at radius 2 is 0.927 bits per heavy atom. The highest BCUT2D eigenvalue weighted by Gasteiger charge is 2.10. The Hall–Kier alpha value is -5.27. The highest BCUT2D eigenvalue weighted by Crippen LogP contribution is 2.33. The van der Waals surface area contributed by atoms with Gasteiger partial charge in [-0.05, 0) is 92.0 Å². The summed E-state index contributed by atoms with van der Waals surface area (Å²) in [5.41, 5.74) is 12.1. The summed E-state index contributed by atoms with van der Waals surface area (Å²) in [5, 5.41) is 2.61. The number of aromatic nitrogens is 1. The fourth-order valence-corrected chi connectivity index (χ4v) is 5.74. The molecular weight excluding hydrogens is 494 g/mol. The van der Waals surface area contributed by atoms with Crippen LogP contribution in [0.1, 0.15) is 11.1 Å². The van der Waals surface area contributed by atoms with E-state index in [0.717, 1.165) is 17.7 Å². The predicted octanol–water partition coefficient (Wildman–Crippen LogP) is 10.5. The summed E-state index contributed by atoms with van der Waals surface area (Å²) in [6, 6.07) is 56.5. The second kappa shape index (κ2) is 11.1. The first-order valence-corrected chi connectivity index (χ1v) is 14.1. The largest absolute Gasteiger partial charge is 0.256 e. The van der Waals surface area contributed by atoms with Crippen LogP contribution >= 0.6 is 0 Å². The molecule has 0 N–H and O–H groups in total. The van der Waals surface area contributed by atoms with Gasteiger partial charge in [0.25, 0.3) is 0 Å². The number of nitrogens with zero attached hydrogens (tertiary/aromatic N) is 1. The smallest absolute Gasteiger partial charge is 0.0702 e. The number of rotatable bonds is 6. The third-order valence-electron chi connectivity index (χ3n) is 7.80. The normalized spacial score (nSPS) is 11.0. The molecule has 7 aromatic rings. The topological polar surface area (TPSA) is 12.9 Å². The molecule has 0 radical (unpaired) electrons. The van der Waals surface area contributed by atoms with E-state index < -0.39 is 0 Å². The average Bonchev–Trinajstić information content (AvgIpc) is 3.06. The summed E-state index contributed by atoms with van der Waals surface area (Å²) < 4.78 is 0. The number of fused-ring (bicyclic) bond motifs is 1. The van der Waals surface area contributed by atoms with Gasteiger partial charge in [-0.15, -0.1) is 0 Å². The summed E-state index contributed by atoms with van der Waals surface area (Å²) in [6.07, 6.45) is 2.74. The van der Waals surface area contributed by atoms with E-state index in [9.17, 15) is 0 Å². The van der Waals surface area contributed by atoms with Crippen molar-refractivity contribution in [1.29, 1.82) is 0 Å². The van der Waals surface area contributed by atoms with Crippen molar-refractivity contribution in [3.8, 4) is 44.6 Å². The van der Waals surface area contributed by atoms with Crippen LogP contribution in [0.3, 0.4) is 0 Å². The van der Waals surface area contributed by atoms with Crippen LogP contribution in [0.2, 0.25) is 0 Å². The van der Waals surface area contributed by atoms with Crippen molar-refractivity contribution >= 4 is 10.8 Å². The van der Waals surface area contributed by atoms with E-state index in [-0.39, 0.29) is 0 Å². The molecule has 1 heterocycles. The van der Waals surface area contributed by atoms with Gasteiger partial charge in [-0.25, -0.2) is 0 Å². The molecule has 0 aliphatic rings. The molecule has 1 nitrogen and oxygen atoms in total. The second-order valence-electron chi connectivity index (χ2n) is 10.4. The Labute approximate surface area is 241 Å². The summed E-state index contributed by atoms with van der Waals surface area (Å²) >= 11 is 0. The molecular formula is C40H29N. The van der Waals surface area contributed by atoms with Gasteiger partial charge in [0.15, 0.2) is 0 Å². The maximum absolute atomic E-state index is 4.54. The van der Waals surface area contributed by atoms with Gasteiger partial charge in [-0.1, -0.05) is 127 Å². The summed E-state index contributed by atoms with van der Waals surface area (Å²) in [4.78, 5) is 4.54. The Kier molecular flexibility index (Phi) is 6.69. The van der Waals surface area contributed by atoms with Gasteiger partial charge in [-0.3, -0.25) is 4.98 Å². The molecule has 0 aliphatic carbocycles. The van der Waals surface area contributed by atoms with Crippen LogP contribution in [0, 0.1) is 0 Å². The highest BCUT2D eigenvalue weighted by molar-refractivity contribution is 5.86. The van der Waals surface area contributed by atoms with Crippen LogP contribution in [-0.4, -0.2) is 4.98 Å². The van der Waals surface area contributed by atoms with E-state index in [4.69, 9.17) is 0 Å². The lowest BCUT2D eigenvalue weighted by atomic mass is 9.91. The Balaban J connectivity index is 1.23. The van der Waals surface area contributed by atoms with Crippen LogP contribution < -0.4 is 0 Å². The van der Waals surface area contributed by atoms with Crippen molar-refractivity contribution in [3.05, 3.63) is 175 Å². The zero-order valence-corrected chi connectivity index (χ0v) is 22.7. The van der Waals surface area contributed by atoms with E-state index >= 15 is 0 Å². The molecule has 0 saturated carbocycles. The molecule has 6 aromatic carbocycles. The maximum Gasteiger partial charge on any atom is 0.0702 e. The molecule has 7 rings (SSSR count). The molecule has 0 saturated heterocycles. The molecule has 41 heavy (non-hydrogen) atoms. The van der Waals surface area contributed by atoms with Gasteiger partial charge in [0.2, 0.25) is 0 Å². The highest BCUT2D eigenvalue weighted by atomic mass is 14.7. The summed E-state index contributed by atoms with van der Waals surface area (Å²) in [5.74, 6) is 0. The lowest BCUT2D eigenvalue weighted by Crippen LogP contribution is -1.94. The zero-order chi connectivity index (χ0) is 27.4. The van der Waals surface area contributed by atoms with Gasteiger partial charge < -0.3 is 0 Å². The monoisotopic (exact) mass is 523 g/mol. The third-order valence-corrected chi connectivity index (χ3v) is 7.80. The Morgan fingerprint density at radius 3 is 1.68 bits per heavy atom. The first-order chi connectivity index (χ1) is 20.3. The van der Waals surface area contributed by atoms with E-state index in [2.05, 4.69) is 151 Å². The minimum absolute atomic E-state index is 0.893. The molecule has 0 spiro atoms. The minimum Gasteiger partial charge on any atom is -0.256 e. The van der Waals surface area contributed by atoms with Crippen molar-refractivity contribution in [1.82, 2.24) is 4.98 Å². The van der Waals surface area contributed by atoms with Crippen molar-refractivity contribution in [2.75, 3.05) is 0 Å². The molecule has 0 aliphatic heterocycles. The van der Waals surface area contributed by atoms with Gasteiger partial charge in [-0.2, -0.15) is 0 Å². The van der Waals surface area contributed by atoms with Gasteiger partial charge in [0, 0.05) is 11.8 Å². The first kappa shape index (κ1) is 24.7. The molecule has 1 heteroatoms. The number of pyridine rings is 1. The molecule has 0 amide bonds.